The first-order valence-electron chi connectivity index (χ1n) is 6.85. The van der Waals surface area contributed by atoms with Crippen LogP contribution < -0.4 is 10.5 Å². The van der Waals surface area contributed by atoms with Crippen LogP contribution in [0, 0.1) is 0 Å². The zero-order chi connectivity index (χ0) is 15.2. The number of methoxy groups -OCH3 is 1. The highest BCUT2D eigenvalue weighted by Gasteiger charge is 2.17. The van der Waals surface area contributed by atoms with Crippen LogP contribution in [0.1, 0.15) is 24.2 Å². The summed E-state index contributed by atoms with van der Waals surface area (Å²) in [7, 11) is 1.65. The molecule has 0 aliphatic carbocycles. The number of hydrogen-bond acceptors (Lipinski definition) is 3. The molecule has 0 aliphatic rings. The van der Waals surface area contributed by atoms with Gasteiger partial charge in [0, 0.05) is 11.1 Å². The summed E-state index contributed by atoms with van der Waals surface area (Å²) < 4.78 is 11.2. The summed E-state index contributed by atoms with van der Waals surface area (Å²) in [5.41, 5.74) is 8.14. The summed E-state index contributed by atoms with van der Waals surface area (Å²) in [5, 5.41) is 0.718. The first-order chi connectivity index (χ1) is 10.1. The molecule has 0 saturated heterocycles. The van der Waals surface area contributed by atoms with Gasteiger partial charge in [-0.2, -0.15) is 0 Å². The molecule has 3 nitrogen and oxygen atoms in total. The van der Waals surface area contributed by atoms with Crippen molar-refractivity contribution in [3.63, 3.8) is 0 Å². The van der Waals surface area contributed by atoms with E-state index in [1.54, 1.807) is 7.11 Å². The van der Waals surface area contributed by atoms with E-state index in [4.69, 9.17) is 26.8 Å². The maximum Gasteiger partial charge on any atom is 0.119 e. The number of benzene rings is 2. The maximum atomic E-state index is 6.06. The minimum Gasteiger partial charge on any atom is -0.497 e. The predicted octanol–water partition coefficient (Wildman–Crippen LogP) is 3.95. The largest absolute Gasteiger partial charge is 0.497 e. The van der Waals surface area contributed by atoms with Gasteiger partial charge in [0.2, 0.25) is 0 Å². The van der Waals surface area contributed by atoms with Gasteiger partial charge in [-0.25, -0.2) is 0 Å². The molecule has 2 rings (SSSR count). The third-order valence-electron chi connectivity index (χ3n) is 3.24. The van der Waals surface area contributed by atoms with Gasteiger partial charge in [-0.05, 0) is 42.3 Å². The lowest BCUT2D eigenvalue weighted by molar-refractivity contribution is 0.0258. The van der Waals surface area contributed by atoms with Crippen LogP contribution >= 0.6 is 11.6 Å². The van der Waals surface area contributed by atoms with Crippen molar-refractivity contribution < 1.29 is 9.47 Å². The fourth-order valence-corrected chi connectivity index (χ4v) is 2.26. The number of halogens is 1. The van der Waals surface area contributed by atoms with Gasteiger partial charge in [-0.15, -0.1) is 0 Å². The number of nitrogens with two attached hydrogens (primary N) is 1. The smallest absolute Gasteiger partial charge is 0.119 e. The Morgan fingerprint density at radius 3 is 2.48 bits per heavy atom. The highest BCUT2D eigenvalue weighted by Crippen LogP contribution is 2.25. The first kappa shape index (κ1) is 15.8. The van der Waals surface area contributed by atoms with E-state index in [1.807, 2.05) is 55.5 Å². The second kappa shape index (κ2) is 7.46. The lowest BCUT2D eigenvalue weighted by Gasteiger charge is -2.22. The maximum absolute atomic E-state index is 6.06. The molecule has 0 spiro atoms. The van der Waals surface area contributed by atoms with E-state index in [0.29, 0.717) is 6.61 Å². The molecule has 4 heteroatoms. The molecule has 0 fully saturated rings. The van der Waals surface area contributed by atoms with Crippen LogP contribution in [0.2, 0.25) is 5.02 Å². The summed E-state index contributed by atoms with van der Waals surface area (Å²) in [6.45, 7) is 2.42. The van der Waals surface area contributed by atoms with Gasteiger partial charge in [0.15, 0.2) is 0 Å². The molecule has 2 aromatic carbocycles. The monoisotopic (exact) mass is 305 g/mol. The van der Waals surface area contributed by atoms with Crippen LogP contribution in [0.15, 0.2) is 48.5 Å². The van der Waals surface area contributed by atoms with Crippen LogP contribution in [0.3, 0.4) is 0 Å². The Balaban J connectivity index is 2.10. The highest BCUT2D eigenvalue weighted by molar-refractivity contribution is 6.30. The van der Waals surface area contributed by atoms with E-state index in [2.05, 4.69) is 0 Å². The fraction of sp³-hybridized carbons (Fsp3) is 0.294. The minimum atomic E-state index is -0.184. The molecule has 2 unspecified atom stereocenters. The molecule has 0 aliphatic heterocycles. The average Bonchev–Trinajstić information content (AvgIpc) is 2.49. The molecule has 2 atom stereocenters. The van der Waals surface area contributed by atoms with E-state index in [-0.39, 0.29) is 12.1 Å². The van der Waals surface area contributed by atoms with Crippen molar-refractivity contribution in [2.75, 3.05) is 7.11 Å². The third kappa shape index (κ3) is 4.46. The van der Waals surface area contributed by atoms with Gasteiger partial charge in [0.25, 0.3) is 0 Å². The summed E-state index contributed by atoms with van der Waals surface area (Å²) in [5.74, 6) is 0.799. The van der Waals surface area contributed by atoms with Crippen LogP contribution in [0.4, 0.5) is 0 Å². The lowest BCUT2D eigenvalue weighted by Crippen LogP contribution is -2.27. The predicted molar refractivity (Wildman–Crippen MR) is 85.6 cm³/mol. The first-order valence-corrected chi connectivity index (χ1v) is 7.23. The zero-order valence-electron chi connectivity index (χ0n) is 12.3. The number of hydrogen-bond donors (Lipinski definition) is 1. The van der Waals surface area contributed by atoms with Gasteiger partial charge in [-0.1, -0.05) is 35.9 Å². The zero-order valence-corrected chi connectivity index (χ0v) is 13.0. The van der Waals surface area contributed by atoms with Crippen LogP contribution in [-0.2, 0) is 11.3 Å². The Bertz CT molecular complexity index is 569. The van der Waals surface area contributed by atoms with Gasteiger partial charge in [-0.3, -0.25) is 0 Å². The Kier molecular flexibility index (Phi) is 5.62. The Morgan fingerprint density at radius 1 is 1.14 bits per heavy atom. The molecular formula is C17H20ClNO2. The van der Waals surface area contributed by atoms with Crippen molar-refractivity contribution in [3.8, 4) is 5.75 Å². The molecule has 112 valence electrons. The number of rotatable bonds is 6. The van der Waals surface area contributed by atoms with E-state index in [1.165, 1.54) is 0 Å². The SMILES string of the molecule is COc1cccc(C(OCc2ccc(Cl)cc2)C(C)N)c1. The molecule has 0 aromatic heterocycles. The third-order valence-corrected chi connectivity index (χ3v) is 3.49. The van der Waals surface area contributed by atoms with E-state index < -0.39 is 0 Å². The lowest BCUT2D eigenvalue weighted by atomic mass is 10.0. The summed E-state index contributed by atoms with van der Waals surface area (Å²) in [4.78, 5) is 0. The standard InChI is InChI=1S/C17H20ClNO2/c1-12(19)17(14-4-3-5-16(10-14)20-2)21-11-13-6-8-15(18)9-7-13/h3-10,12,17H,11,19H2,1-2H3. The highest BCUT2D eigenvalue weighted by atomic mass is 35.5. The fourth-order valence-electron chi connectivity index (χ4n) is 2.14. The average molecular weight is 306 g/mol. The van der Waals surface area contributed by atoms with Crippen molar-refractivity contribution in [2.24, 2.45) is 5.73 Å². The summed E-state index contributed by atoms with van der Waals surface area (Å²) in [6.07, 6.45) is -0.184. The van der Waals surface area contributed by atoms with Crippen molar-refractivity contribution in [2.45, 2.75) is 25.7 Å². The normalized spacial score (nSPS) is 13.7. The Morgan fingerprint density at radius 2 is 1.86 bits per heavy atom. The Hall–Kier alpha value is -1.55. The second-order valence-electron chi connectivity index (χ2n) is 4.99. The van der Waals surface area contributed by atoms with Gasteiger partial charge >= 0.3 is 0 Å². The Labute approximate surface area is 130 Å². The van der Waals surface area contributed by atoms with Crippen LogP contribution in [-0.4, -0.2) is 13.2 Å². The molecule has 0 bridgehead atoms. The van der Waals surface area contributed by atoms with Crippen molar-refractivity contribution in [3.05, 3.63) is 64.7 Å². The second-order valence-corrected chi connectivity index (χ2v) is 5.43. The van der Waals surface area contributed by atoms with E-state index in [9.17, 15) is 0 Å². The summed E-state index contributed by atoms with van der Waals surface area (Å²) in [6, 6.07) is 15.3. The number of ether oxygens (including phenoxy) is 2. The van der Waals surface area contributed by atoms with Gasteiger partial charge < -0.3 is 15.2 Å². The van der Waals surface area contributed by atoms with Crippen molar-refractivity contribution in [1.82, 2.24) is 0 Å². The van der Waals surface area contributed by atoms with Gasteiger partial charge in [0.1, 0.15) is 5.75 Å². The van der Waals surface area contributed by atoms with Crippen molar-refractivity contribution in [1.29, 1.82) is 0 Å². The van der Waals surface area contributed by atoms with E-state index in [0.717, 1.165) is 21.9 Å². The summed E-state index contributed by atoms with van der Waals surface area (Å²) >= 11 is 5.88. The van der Waals surface area contributed by atoms with Crippen LogP contribution in [0.5, 0.6) is 5.75 Å². The molecule has 2 N–H and O–H groups in total. The topological polar surface area (TPSA) is 44.5 Å². The van der Waals surface area contributed by atoms with Crippen molar-refractivity contribution >= 4 is 11.6 Å². The van der Waals surface area contributed by atoms with E-state index >= 15 is 0 Å². The molecule has 0 saturated carbocycles. The van der Waals surface area contributed by atoms with Gasteiger partial charge in [0.05, 0.1) is 19.8 Å². The minimum absolute atomic E-state index is 0.121. The molecule has 2 aromatic rings. The molecule has 0 heterocycles. The molecule has 0 radical (unpaired) electrons. The molecule has 21 heavy (non-hydrogen) atoms. The molecule has 0 amide bonds. The van der Waals surface area contributed by atoms with Crippen LogP contribution in [0.25, 0.3) is 0 Å². The quantitative estimate of drug-likeness (QED) is 0.878. The molecular weight excluding hydrogens is 286 g/mol.